The van der Waals surface area contributed by atoms with E-state index in [-0.39, 0.29) is 0 Å². The van der Waals surface area contributed by atoms with Crippen LogP contribution in [0.1, 0.15) is 113 Å². The van der Waals surface area contributed by atoms with Crippen LogP contribution in [0.4, 0.5) is 0 Å². The minimum absolute atomic E-state index is 0.470. The summed E-state index contributed by atoms with van der Waals surface area (Å²) in [6, 6.07) is 0. The quantitative estimate of drug-likeness (QED) is 0.296. The fraction of sp³-hybridized carbons (Fsp3) is 0.917. The first-order valence-corrected chi connectivity index (χ1v) is 10.8. The van der Waals surface area contributed by atoms with Gasteiger partial charge in [0.05, 0.1) is 0 Å². The molecule has 3 atom stereocenters. The first-order valence-electron chi connectivity index (χ1n) is 10.8. The summed E-state index contributed by atoms with van der Waals surface area (Å²) in [6.07, 6.45) is 13.7. The van der Waals surface area contributed by atoms with E-state index >= 15 is 0 Å². The van der Waals surface area contributed by atoms with Crippen LogP contribution in [-0.2, 0) is 0 Å². The van der Waals surface area contributed by atoms with Crippen molar-refractivity contribution in [2.24, 2.45) is 28.6 Å². The average molecular weight is 335 g/mol. The van der Waals surface area contributed by atoms with Gasteiger partial charge in [-0.25, -0.2) is 0 Å². The van der Waals surface area contributed by atoms with Crippen LogP contribution in [0.15, 0.2) is 12.2 Å². The number of rotatable bonds is 13. The Labute approximate surface area is 153 Å². The standard InChI is InChI=1S/C24H46/c1-9-12-22(10-2)13-11-16-23(6,7)20(4)15-14-19(3)21(5)24(8)17-18-24/h20-22H,3,9-18H2,1-2,4-8H3. The second kappa shape index (κ2) is 9.44. The predicted molar refractivity (Wildman–Crippen MR) is 110 cm³/mol. The molecule has 142 valence electrons. The van der Waals surface area contributed by atoms with Crippen LogP contribution >= 0.6 is 0 Å². The molecule has 0 aromatic carbocycles. The van der Waals surface area contributed by atoms with Gasteiger partial charge in [-0.2, -0.15) is 0 Å². The molecule has 1 saturated carbocycles. The van der Waals surface area contributed by atoms with Gasteiger partial charge in [-0.1, -0.05) is 92.7 Å². The molecule has 0 heteroatoms. The van der Waals surface area contributed by atoms with Crippen LogP contribution < -0.4 is 0 Å². The van der Waals surface area contributed by atoms with Gasteiger partial charge in [0.1, 0.15) is 0 Å². The SMILES string of the molecule is C=C(CCC(C)C(C)(C)CCCC(CC)CCC)C(C)C1(C)CC1. The van der Waals surface area contributed by atoms with Gasteiger partial charge in [-0.15, -0.1) is 0 Å². The van der Waals surface area contributed by atoms with Crippen molar-refractivity contribution < 1.29 is 0 Å². The molecule has 1 rings (SSSR count). The highest BCUT2D eigenvalue weighted by Crippen LogP contribution is 2.54. The van der Waals surface area contributed by atoms with Crippen molar-refractivity contribution in [1.82, 2.24) is 0 Å². The Morgan fingerprint density at radius 1 is 1.08 bits per heavy atom. The van der Waals surface area contributed by atoms with E-state index in [2.05, 4.69) is 55.0 Å². The van der Waals surface area contributed by atoms with E-state index in [1.54, 1.807) is 0 Å². The highest BCUT2D eigenvalue weighted by atomic mass is 14.5. The molecular formula is C24H46. The molecule has 0 heterocycles. The molecule has 0 aliphatic heterocycles. The number of hydrogen-bond acceptors (Lipinski definition) is 0. The highest BCUT2D eigenvalue weighted by molar-refractivity contribution is 5.10. The summed E-state index contributed by atoms with van der Waals surface area (Å²) in [6.45, 7) is 21.4. The molecule has 24 heavy (non-hydrogen) atoms. The highest BCUT2D eigenvalue weighted by Gasteiger charge is 2.43. The van der Waals surface area contributed by atoms with Crippen molar-refractivity contribution in [3.63, 3.8) is 0 Å². The lowest BCUT2D eigenvalue weighted by molar-refractivity contribution is 0.187. The molecule has 0 bridgehead atoms. The fourth-order valence-electron chi connectivity index (χ4n) is 4.19. The second-order valence-electron chi connectivity index (χ2n) is 9.92. The van der Waals surface area contributed by atoms with E-state index in [1.807, 2.05) is 0 Å². The second-order valence-corrected chi connectivity index (χ2v) is 9.92. The molecule has 0 radical (unpaired) electrons. The molecule has 0 nitrogen and oxygen atoms in total. The van der Waals surface area contributed by atoms with Crippen LogP contribution in [-0.4, -0.2) is 0 Å². The molecular weight excluding hydrogens is 288 g/mol. The third kappa shape index (κ3) is 6.57. The zero-order chi connectivity index (χ0) is 18.4. The Balaban J connectivity index is 2.33. The topological polar surface area (TPSA) is 0 Å². The van der Waals surface area contributed by atoms with Gasteiger partial charge < -0.3 is 0 Å². The fourth-order valence-corrected chi connectivity index (χ4v) is 4.19. The minimum Gasteiger partial charge on any atom is -0.0996 e. The third-order valence-corrected chi connectivity index (χ3v) is 7.64. The van der Waals surface area contributed by atoms with Gasteiger partial charge in [0.15, 0.2) is 0 Å². The van der Waals surface area contributed by atoms with Crippen molar-refractivity contribution in [2.45, 2.75) is 113 Å². The van der Waals surface area contributed by atoms with Gasteiger partial charge in [0.2, 0.25) is 0 Å². The molecule has 0 amide bonds. The normalized spacial score (nSPS) is 20.5. The maximum absolute atomic E-state index is 4.43. The molecule has 1 aliphatic carbocycles. The average Bonchev–Trinajstić information content (AvgIpc) is 3.29. The molecule has 0 spiro atoms. The summed E-state index contributed by atoms with van der Waals surface area (Å²) < 4.78 is 0. The Bertz CT molecular complexity index is 371. The summed E-state index contributed by atoms with van der Waals surface area (Å²) in [5.41, 5.74) is 2.56. The predicted octanol–water partition coefficient (Wildman–Crippen LogP) is 8.42. The maximum atomic E-state index is 4.43. The van der Waals surface area contributed by atoms with E-state index in [0.29, 0.717) is 16.7 Å². The van der Waals surface area contributed by atoms with Crippen LogP contribution in [0.5, 0.6) is 0 Å². The molecule has 0 aromatic heterocycles. The minimum atomic E-state index is 0.470. The number of allylic oxidation sites excluding steroid dienone is 1. The first-order chi connectivity index (χ1) is 11.2. The van der Waals surface area contributed by atoms with Crippen molar-refractivity contribution in [3.8, 4) is 0 Å². The van der Waals surface area contributed by atoms with Crippen LogP contribution in [0.3, 0.4) is 0 Å². The Hall–Kier alpha value is -0.260. The van der Waals surface area contributed by atoms with Gasteiger partial charge in [-0.05, 0) is 60.7 Å². The Morgan fingerprint density at radius 3 is 2.21 bits per heavy atom. The zero-order valence-corrected chi connectivity index (χ0v) is 18.0. The smallest absolute Gasteiger partial charge is 0.0180 e. The molecule has 0 aromatic rings. The molecule has 1 aliphatic rings. The Kier molecular flexibility index (Phi) is 8.57. The first kappa shape index (κ1) is 21.8. The lowest BCUT2D eigenvalue weighted by Crippen LogP contribution is -2.22. The summed E-state index contributed by atoms with van der Waals surface area (Å²) >= 11 is 0. The molecule has 1 fully saturated rings. The molecule has 0 saturated heterocycles. The van der Waals surface area contributed by atoms with E-state index in [1.165, 1.54) is 69.8 Å². The molecule has 3 unspecified atom stereocenters. The van der Waals surface area contributed by atoms with Gasteiger partial charge in [-0.3, -0.25) is 0 Å². The van der Waals surface area contributed by atoms with E-state index in [4.69, 9.17) is 0 Å². The maximum Gasteiger partial charge on any atom is -0.0180 e. The number of hydrogen-bond donors (Lipinski definition) is 0. The summed E-state index contributed by atoms with van der Waals surface area (Å²) in [5, 5.41) is 0. The molecule has 0 N–H and O–H groups in total. The summed E-state index contributed by atoms with van der Waals surface area (Å²) in [5.74, 6) is 2.47. The zero-order valence-electron chi connectivity index (χ0n) is 18.0. The van der Waals surface area contributed by atoms with Crippen molar-refractivity contribution in [1.29, 1.82) is 0 Å². The van der Waals surface area contributed by atoms with Crippen molar-refractivity contribution in [2.75, 3.05) is 0 Å². The van der Waals surface area contributed by atoms with Crippen LogP contribution in [0, 0.1) is 28.6 Å². The van der Waals surface area contributed by atoms with Crippen molar-refractivity contribution >= 4 is 0 Å². The van der Waals surface area contributed by atoms with Gasteiger partial charge >= 0.3 is 0 Å². The van der Waals surface area contributed by atoms with E-state index in [9.17, 15) is 0 Å². The van der Waals surface area contributed by atoms with Crippen LogP contribution in [0.25, 0.3) is 0 Å². The monoisotopic (exact) mass is 334 g/mol. The van der Waals surface area contributed by atoms with Gasteiger partial charge in [0, 0.05) is 0 Å². The largest absolute Gasteiger partial charge is 0.0996 e. The van der Waals surface area contributed by atoms with Crippen LogP contribution in [0.2, 0.25) is 0 Å². The van der Waals surface area contributed by atoms with Crippen molar-refractivity contribution in [3.05, 3.63) is 12.2 Å². The summed E-state index contributed by atoms with van der Waals surface area (Å²) in [7, 11) is 0. The third-order valence-electron chi connectivity index (χ3n) is 7.64. The lowest BCUT2D eigenvalue weighted by atomic mass is 9.72. The lowest BCUT2D eigenvalue weighted by Gasteiger charge is -2.33. The van der Waals surface area contributed by atoms with E-state index in [0.717, 1.165) is 11.8 Å². The summed E-state index contributed by atoms with van der Waals surface area (Å²) in [4.78, 5) is 0. The Morgan fingerprint density at radius 2 is 1.71 bits per heavy atom. The van der Waals surface area contributed by atoms with E-state index < -0.39 is 0 Å². The van der Waals surface area contributed by atoms with Gasteiger partial charge in [0.25, 0.3) is 0 Å².